The van der Waals surface area contributed by atoms with Crippen LogP contribution in [0.15, 0.2) is 194 Å². The van der Waals surface area contributed by atoms with Crippen molar-refractivity contribution in [3.8, 4) is 33.4 Å². The molecule has 0 heteroatoms. The Morgan fingerprint density at radius 1 is 0.174 bits per heavy atom. The third-order valence-electron chi connectivity index (χ3n) is 20.7. The van der Waals surface area contributed by atoms with E-state index in [4.69, 9.17) is 0 Å². The Morgan fingerprint density at radius 2 is 0.535 bits per heavy atom. The lowest BCUT2D eigenvalue weighted by Gasteiger charge is -2.27. The molecule has 0 spiro atoms. The van der Waals surface area contributed by atoms with E-state index in [1.165, 1.54) is 206 Å². The van der Waals surface area contributed by atoms with Crippen LogP contribution in [0.1, 0.15) is 105 Å². The van der Waals surface area contributed by atoms with Crippen LogP contribution in [0.5, 0.6) is 0 Å². The van der Waals surface area contributed by atoms with E-state index in [0.29, 0.717) is 0 Å². The third-order valence-corrected chi connectivity index (χ3v) is 20.7. The molecule has 0 amide bonds. The molecule has 86 heavy (non-hydrogen) atoms. The van der Waals surface area contributed by atoms with Gasteiger partial charge < -0.3 is 0 Å². The number of fused-ring (bicyclic) bond motifs is 16. The predicted molar refractivity (Wildman–Crippen MR) is 379 cm³/mol. The van der Waals surface area contributed by atoms with E-state index in [0.717, 1.165) is 0 Å². The lowest BCUT2D eigenvalue weighted by Crippen LogP contribution is -2.16. The molecule has 0 saturated carbocycles. The van der Waals surface area contributed by atoms with E-state index in [-0.39, 0.29) is 21.7 Å². The Balaban J connectivity index is 1.03. The maximum absolute atomic E-state index is 2.59. The van der Waals surface area contributed by atoms with Gasteiger partial charge in [0.05, 0.1) is 0 Å². The van der Waals surface area contributed by atoms with Crippen molar-refractivity contribution in [1.82, 2.24) is 0 Å². The minimum absolute atomic E-state index is 0.0444. The standard InChI is InChI=1S/C86H68/c1-83(2,3)49-38-48(39-50(42-49)84(4,5)6)69-58-28-21-29-59-70-66(43-51(85(7,8)9)44-67(70)86(10,11)12)82(75(58)59)81-63-37-33-57-54-30-34-60-73-62(36-32-56(71(54)73)55-31-35-61(79(69)81)74(63)72(55)57)80-77-53-27-20-19-26-52(53)64-40-47(45-22-15-13-16-23-45)41-65(76(64)77)68(78(60)80)46-24-17-14-18-25-46/h13-44H,1-12H3. The normalized spacial score (nSPS) is 13.6. The first-order chi connectivity index (χ1) is 41.2. The van der Waals surface area contributed by atoms with Crippen molar-refractivity contribution in [3.63, 3.8) is 0 Å². The Hall–Kier alpha value is -9.10. The average Bonchev–Trinajstić information content (AvgIpc) is 1.51. The van der Waals surface area contributed by atoms with Crippen molar-refractivity contribution in [1.29, 1.82) is 0 Å². The molecule has 0 aliphatic heterocycles. The summed E-state index contributed by atoms with van der Waals surface area (Å²) in [5.74, 6) is 0. The molecule has 0 heterocycles. The first kappa shape index (κ1) is 50.2. The maximum atomic E-state index is 2.59. The second kappa shape index (κ2) is 16.4. The highest BCUT2D eigenvalue weighted by Gasteiger charge is 2.33. The van der Waals surface area contributed by atoms with Gasteiger partial charge in [0.15, 0.2) is 0 Å². The van der Waals surface area contributed by atoms with Crippen LogP contribution in [0.4, 0.5) is 0 Å². The van der Waals surface area contributed by atoms with Crippen molar-refractivity contribution < 1.29 is 0 Å². The van der Waals surface area contributed by atoms with Gasteiger partial charge in [0.25, 0.3) is 0 Å². The fourth-order valence-corrected chi connectivity index (χ4v) is 16.6. The molecule has 412 valence electrons. The second-order valence-corrected chi connectivity index (χ2v) is 29.8. The molecule has 0 N–H and O–H groups in total. The molecule has 0 radical (unpaired) electrons. The van der Waals surface area contributed by atoms with Gasteiger partial charge in [-0.15, -0.1) is 0 Å². The summed E-state index contributed by atoms with van der Waals surface area (Å²) >= 11 is 0. The molecule has 0 saturated heterocycles. The molecular weight excluding hydrogens is 1030 g/mol. The number of hydrogen-bond donors (Lipinski definition) is 0. The van der Waals surface area contributed by atoms with Crippen LogP contribution < -0.4 is 0 Å². The third kappa shape index (κ3) is 6.45. The van der Waals surface area contributed by atoms with Gasteiger partial charge in [-0.1, -0.05) is 259 Å². The Bertz CT molecular complexity index is 5870. The lowest BCUT2D eigenvalue weighted by atomic mass is 9.78. The van der Waals surface area contributed by atoms with E-state index in [9.17, 15) is 0 Å². The smallest absolute Gasteiger partial charge is 0.000696 e. The highest BCUT2D eigenvalue weighted by Crippen LogP contribution is 2.60. The number of benzene rings is 14. The minimum atomic E-state index is -0.0847. The van der Waals surface area contributed by atoms with Crippen LogP contribution in [-0.4, -0.2) is 0 Å². The van der Waals surface area contributed by atoms with E-state index < -0.39 is 0 Å². The largest absolute Gasteiger partial charge is 0.0622 e. The van der Waals surface area contributed by atoms with Gasteiger partial charge in [0.2, 0.25) is 0 Å². The van der Waals surface area contributed by atoms with Crippen molar-refractivity contribution in [2.45, 2.75) is 105 Å². The van der Waals surface area contributed by atoms with Crippen LogP contribution >= 0.6 is 0 Å². The zero-order valence-electron chi connectivity index (χ0n) is 51.5. The van der Waals surface area contributed by atoms with Crippen molar-refractivity contribution >= 4 is 151 Å². The van der Waals surface area contributed by atoms with Gasteiger partial charge >= 0.3 is 0 Å². The molecule has 0 aliphatic carbocycles. The lowest BCUT2D eigenvalue weighted by molar-refractivity contribution is 0.569. The molecule has 18 rings (SSSR count). The minimum Gasteiger partial charge on any atom is -0.0622 e. The summed E-state index contributed by atoms with van der Waals surface area (Å²) in [6.07, 6.45) is 0. The predicted octanol–water partition coefficient (Wildman–Crippen LogP) is 25.2. The van der Waals surface area contributed by atoms with E-state index in [1.54, 1.807) is 0 Å². The summed E-state index contributed by atoms with van der Waals surface area (Å²) in [5, 5.41) is 38.0. The quantitative estimate of drug-likeness (QED) is 0.122. The monoisotopic (exact) mass is 1100 g/mol. The van der Waals surface area contributed by atoms with Gasteiger partial charge in [-0.05, 0) is 246 Å². The first-order valence-electron chi connectivity index (χ1n) is 31.3. The highest BCUT2D eigenvalue weighted by molar-refractivity contribution is 6.54. The highest BCUT2D eigenvalue weighted by atomic mass is 14.4. The van der Waals surface area contributed by atoms with Gasteiger partial charge in [0, 0.05) is 0 Å². The number of rotatable bonds is 3. The van der Waals surface area contributed by atoms with Gasteiger partial charge in [-0.2, -0.15) is 0 Å². The summed E-state index contributed by atoms with van der Waals surface area (Å²) in [6, 6.07) is 76.5. The van der Waals surface area contributed by atoms with E-state index >= 15 is 0 Å². The molecule has 0 bridgehead atoms. The Kier molecular flexibility index (Phi) is 9.61. The Morgan fingerprint density at radius 3 is 1.07 bits per heavy atom. The zero-order chi connectivity index (χ0) is 58.6. The summed E-state index contributed by atoms with van der Waals surface area (Å²) in [6.45, 7) is 28.7. The molecule has 18 aromatic carbocycles. The topological polar surface area (TPSA) is 0 Å². The molecule has 18 aromatic rings. The first-order valence-corrected chi connectivity index (χ1v) is 31.3. The van der Waals surface area contributed by atoms with Crippen molar-refractivity contribution in [3.05, 3.63) is 216 Å². The summed E-state index contributed by atoms with van der Waals surface area (Å²) in [5.41, 5.74) is 13.1. The molecule has 0 unspecified atom stereocenters. The fourth-order valence-electron chi connectivity index (χ4n) is 16.6. The van der Waals surface area contributed by atoms with Gasteiger partial charge in [0.1, 0.15) is 0 Å². The molecule has 0 aromatic heterocycles. The average molecular weight is 1100 g/mol. The van der Waals surface area contributed by atoms with Crippen LogP contribution in [0.25, 0.3) is 184 Å². The van der Waals surface area contributed by atoms with Crippen LogP contribution in [-0.2, 0) is 21.7 Å². The summed E-state index contributed by atoms with van der Waals surface area (Å²) in [4.78, 5) is 0. The van der Waals surface area contributed by atoms with Crippen molar-refractivity contribution in [2.75, 3.05) is 0 Å². The molecule has 0 fully saturated rings. The summed E-state index contributed by atoms with van der Waals surface area (Å²) in [7, 11) is 0. The second-order valence-electron chi connectivity index (χ2n) is 29.8. The van der Waals surface area contributed by atoms with Crippen LogP contribution in [0, 0.1) is 0 Å². The molecule has 0 nitrogen and oxygen atoms in total. The molecular formula is C86H68. The van der Waals surface area contributed by atoms with E-state index in [1.807, 2.05) is 0 Å². The number of hydrogen-bond acceptors (Lipinski definition) is 0. The fraction of sp³-hybridized carbons (Fsp3) is 0.186. The molecule has 0 atom stereocenters. The maximum Gasteiger partial charge on any atom is -0.000696 e. The van der Waals surface area contributed by atoms with E-state index in [2.05, 4.69) is 277 Å². The molecule has 0 aliphatic rings. The van der Waals surface area contributed by atoms with Crippen molar-refractivity contribution in [2.24, 2.45) is 0 Å². The Labute approximate surface area is 502 Å². The van der Waals surface area contributed by atoms with Gasteiger partial charge in [-0.25, -0.2) is 0 Å². The SMILES string of the molecule is CC(C)(C)c1cc(-c2c3cccc4c5c(C(C)(C)C)cc(C(C)(C)C)cc5c(c34)c3c4ccc5c6ccc7c8c(-c9ccccc9)c9cc(-c%10ccccc%10)cc%10c%11ccccc%11c(c9%10)c8c8ccc(c9ccc(c23)c4c95)c6c78)cc(C(C)(C)C)c1. The zero-order valence-corrected chi connectivity index (χ0v) is 51.5. The van der Waals surface area contributed by atoms with Gasteiger partial charge in [-0.3, -0.25) is 0 Å². The summed E-state index contributed by atoms with van der Waals surface area (Å²) < 4.78 is 0. The van der Waals surface area contributed by atoms with Crippen LogP contribution in [0.2, 0.25) is 0 Å². The van der Waals surface area contributed by atoms with Crippen LogP contribution in [0.3, 0.4) is 0 Å².